The zero-order valence-electron chi connectivity index (χ0n) is 16.0. The summed E-state index contributed by atoms with van der Waals surface area (Å²) in [7, 11) is 0. The quantitative estimate of drug-likeness (QED) is 0.679. The fraction of sp³-hybridized carbons (Fsp3) is 0.167. The van der Waals surface area contributed by atoms with Crippen LogP contribution in [0.3, 0.4) is 0 Å². The third kappa shape index (κ3) is 3.34. The van der Waals surface area contributed by atoms with Crippen molar-refractivity contribution in [3.8, 4) is 0 Å². The van der Waals surface area contributed by atoms with Crippen molar-refractivity contribution >= 4 is 11.8 Å². The molecule has 0 saturated carbocycles. The first-order valence-electron chi connectivity index (χ1n) is 9.59. The van der Waals surface area contributed by atoms with Crippen LogP contribution >= 0.6 is 0 Å². The Hall–Kier alpha value is -3.54. The summed E-state index contributed by atoms with van der Waals surface area (Å²) in [5, 5.41) is 3.05. The molecule has 0 aromatic heterocycles. The molecule has 1 aliphatic rings. The monoisotopic (exact) mass is 406 g/mol. The highest BCUT2D eigenvalue weighted by Gasteiger charge is 2.55. The molecule has 30 heavy (non-hydrogen) atoms. The first kappa shape index (κ1) is 19.8. The van der Waals surface area contributed by atoms with Gasteiger partial charge in [-0.3, -0.25) is 9.59 Å². The van der Waals surface area contributed by atoms with Gasteiger partial charge in [-0.05, 0) is 41.0 Å². The molecular weight excluding hydrogens is 386 g/mol. The minimum absolute atomic E-state index is 0.143. The molecule has 1 aliphatic heterocycles. The van der Waals surface area contributed by atoms with E-state index in [9.17, 15) is 18.4 Å². The molecule has 3 aromatic rings. The van der Waals surface area contributed by atoms with Gasteiger partial charge in [-0.25, -0.2) is 8.78 Å². The number of rotatable bonds is 5. The van der Waals surface area contributed by atoms with Crippen molar-refractivity contribution in [1.29, 1.82) is 0 Å². The molecule has 2 atom stereocenters. The molecule has 1 unspecified atom stereocenters. The van der Waals surface area contributed by atoms with E-state index < -0.39 is 34.9 Å². The molecule has 2 amide bonds. The van der Waals surface area contributed by atoms with Crippen molar-refractivity contribution in [3.63, 3.8) is 0 Å². The van der Waals surface area contributed by atoms with Crippen LogP contribution in [0.4, 0.5) is 8.78 Å². The number of nitrogens with two attached hydrogens (primary N) is 1. The Kier molecular flexibility index (Phi) is 5.08. The predicted molar refractivity (Wildman–Crippen MR) is 108 cm³/mol. The number of hydrogen-bond acceptors (Lipinski definition) is 2. The van der Waals surface area contributed by atoms with E-state index in [-0.39, 0.29) is 12.3 Å². The average Bonchev–Trinajstić information content (AvgIpc) is 3.02. The fourth-order valence-electron chi connectivity index (χ4n) is 4.48. The van der Waals surface area contributed by atoms with Crippen LogP contribution in [0.2, 0.25) is 0 Å². The van der Waals surface area contributed by atoms with Gasteiger partial charge in [0.1, 0.15) is 11.6 Å². The van der Waals surface area contributed by atoms with Gasteiger partial charge in [0.15, 0.2) is 0 Å². The number of carbonyl (C=O) groups excluding carboxylic acids is 2. The Labute approximate surface area is 172 Å². The molecule has 0 spiro atoms. The lowest BCUT2D eigenvalue weighted by Gasteiger charge is -2.38. The maximum Gasteiger partial charge on any atom is 0.225 e. The lowest BCUT2D eigenvalue weighted by molar-refractivity contribution is -0.127. The van der Waals surface area contributed by atoms with Gasteiger partial charge < -0.3 is 11.1 Å². The van der Waals surface area contributed by atoms with Crippen LogP contribution in [0, 0.1) is 17.6 Å². The normalized spacial score (nSPS) is 20.0. The Bertz CT molecular complexity index is 1020. The van der Waals surface area contributed by atoms with Crippen LogP contribution < -0.4 is 11.1 Å². The molecule has 3 aromatic carbocycles. The van der Waals surface area contributed by atoms with Crippen LogP contribution in [0.25, 0.3) is 0 Å². The topological polar surface area (TPSA) is 72.2 Å². The number of nitrogens with one attached hydrogen (secondary N) is 1. The summed E-state index contributed by atoms with van der Waals surface area (Å²) >= 11 is 0. The molecule has 0 bridgehead atoms. The highest BCUT2D eigenvalue weighted by atomic mass is 19.1. The summed E-state index contributed by atoms with van der Waals surface area (Å²) in [6.07, 6.45) is -0.143. The zero-order chi connectivity index (χ0) is 21.3. The number of hydrogen-bond donors (Lipinski definition) is 2. The van der Waals surface area contributed by atoms with Crippen molar-refractivity contribution < 1.29 is 18.4 Å². The number of benzene rings is 3. The number of halogens is 2. The Balaban J connectivity index is 2.00. The first-order chi connectivity index (χ1) is 14.4. The molecule has 1 fully saturated rings. The predicted octanol–water partition coefficient (Wildman–Crippen LogP) is 3.61. The van der Waals surface area contributed by atoms with E-state index >= 15 is 0 Å². The summed E-state index contributed by atoms with van der Waals surface area (Å²) in [5.74, 6) is -3.01. The molecule has 4 nitrogen and oxygen atoms in total. The van der Waals surface area contributed by atoms with E-state index in [0.29, 0.717) is 11.1 Å². The van der Waals surface area contributed by atoms with Gasteiger partial charge in [-0.1, -0.05) is 54.6 Å². The van der Waals surface area contributed by atoms with Gasteiger partial charge in [-0.15, -0.1) is 0 Å². The van der Waals surface area contributed by atoms with Crippen molar-refractivity contribution in [1.82, 2.24) is 5.32 Å². The molecule has 152 valence electrons. The smallest absolute Gasteiger partial charge is 0.225 e. The maximum atomic E-state index is 13.7. The number of primary amides is 1. The van der Waals surface area contributed by atoms with E-state index in [2.05, 4.69) is 5.32 Å². The minimum Gasteiger partial charge on any atom is -0.370 e. The highest BCUT2D eigenvalue weighted by Crippen LogP contribution is 2.51. The second-order valence-corrected chi connectivity index (χ2v) is 7.48. The van der Waals surface area contributed by atoms with Crippen molar-refractivity contribution in [2.75, 3.05) is 0 Å². The second-order valence-electron chi connectivity index (χ2n) is 7.48. The lowest BCUT2D eigenvalue weighted by Crippen LogP contribution is -2.43. The average molecular weight is 406 g/mol. The summed E-state index contributed by atoms with van der Waals surface area (Å²) in [6.45, 7) is 0. The second kappa shape index (κ2) is 7.71. The van der Waals surface area contributed by atoms with Crippen LogP contribution in [0.15, 0.2) is 78.9 Å². The standard InChI is InChI=1S/C24H20F2N2O2/c25-18-10-6-16(7-11-18)24(17-8-12-19(26)13-9-17)22(15-4-2-1-3-5-15)20(14-21(27)29)23(30)28-24/h1-13,20,22H,14H2,(H2,27,29)(H,28,30)/t20-,22?/m0/s1. The fourth-order valence-corrected chi connectivity index (χ4v) is 4.48. The van der Waals surface area contributed by atoms with E-state index in [1.807, 2.05) is 30.3 Å². The van der Waals surface area contributed by atoms with E-state index in [1.54, 1.807) is 24.3 Å². The van der Waals surface area contributed by atoms with Gasteiger partial charge in [-0.2, -0.15) is 0 Å². The SMILES string of the molecule is NC(=O)C[C@@H]1C(=O)NC(c2ccc(F)cc2)(c2ccc(F)cc2)C1c1ccccc1. The largest absolute Gasteiger partial charge is 0.370 e. The summed E-state index contributed by atoms with van der Waals surface area (Å²) in [5.41, 5.74) is 6.41. The Morgan fingerprint density at radius 1 is 0.867 bits per heavy atom. The van der Waals surface area contributed by atoms with Crippen molar-refractivity contribution in [3.05, 3.63) is 107 Å². The molecule has 0 radical (unpaired) electrons. The minimum atomic E-state index is -1.13. The van der Waals surface area contributed by atoms with Gasteiger partial charge in [0.25, 0.3) is 0 Å². The highest BCUT2D eigenvalue weighted by molar-refractivity contribution is 5.90. The molecule has 3 N–H and O–H groups in total. The molecule has 4 rings (SSSR count). The van der Waals surface area contributed by atoms with Gasteiger partial charge >= 0.3 is 0 Å². The summed E-state index contributed by atoms with van der Waals surface area (Å²) in [6, 6.07) is 21.0. The van der Waals surface area contributed by atoms with Gasteiger partial charge in [0.2, 0.25) is 11.8 Å². The van der Waals surface area contributed by atoms with Crippen LogP contribution in [-0.2, 0) is 15.1 Å². The Morgan fingerprint density at radius 3 is 1.83 bits per heavy atom. The molecule has 0 aliphatic carbocycles. The lowest BCUT2D eigenvalue weighted by atomic mass is 9.68. The van der Waals surface area contributed by atoms with Gasteiger partial charge in [0.05, 0.1) is 11.5 Å². The van der Waals surface area contributed by atoms with Crippen LogP contribution in [-0.4, -0.2) is 11.8 Å². The van der Waals surface area contributed by atoms with E-state index in [4.69, 9.17) is 5.73 Å². The number of amides is 2. The third-order valence-electron chi connectivity index (χ3n) is 5.70. The van der Waals surface area contributed by atoms with E-state index in [0.717, 1.165) is 5.56 Å². The van der Waals surface area contributed by atoms with Crippen LogP contribution in [0.5, 0.6) is 0 Å². The van der Waals surface area contributed by atoms with Crippen molar-refractivity contribution in [2.45, 2.75) is 17.9 Å². The van der Waals surface area contributed by atoms with Crippen LogP contribution in [0.1, 0.15) is 29.0 Å². The summed E-state index contributed by atoms with van der Waals surface area (Å²) in [4.78, 5) is 24.9. The van der Waals surface area contributed by atoms with E-state index in [1.165, 1.54) is 24.3 Å². The molecular formula is C24H20F2N2O2. The number of carbonyl (C=O) groups is 2. The van der Waals surface area contributed by atoms with Gasteiger partial charge in [0, 0.05) is 12.3 Å². The molecule has 1 saturated heterocycles. The Morgan fingerprint density at radius 2 is 1.37 bits per heavy atom. The first-order valence-corrected chi connectivity index (χ1v) is 9.59. The van der Waals surface area contributed by atoms with Crippen molar-refractivity contribution in [2.24, 2.45) is 11.7 Å². The zero-order valence-corrected chi connectivity index (χ0v) is 16.0. The molecule has 6 heteroatoms. The third-order valence-corrected chi connectivity index (χ3v) is 5.70. The molecule has 1 heterocycles. The summed E-state index contributed by atoms with van der Waals surface area (Å²) < 4.78 is 27.4. The maximum absolute atomic E-state index is 13.7.